The standard InChI is InChI=1S/C14H22O4/c1-3-5-7-13-9(11(15)16)14(13,8-6-4-2)10(13)12(17)18/h9-10H,3-8H2,1-2H3,(H,15,16)(H,17,18). The number of carboxylic acids is 2. The Hall–Kier alpha value is -1.06. The van der Waals surface area contributed by atoms with Crippen molar-refractivity contribution in [3.05, 3.63) is 0 Å². The van der Waals surface area contributed by atoms with E-state index in [2.05, 4.69) is 13.8 Å². The SMILES string of the molecule is CCCCC12C(C(=O)O)C1(CCCC)C2C(=O)O. The summed E-state index contributed by atoms with van der Waals surface area (Å²) in [6, 6.07) is 0. The highest BCUT2D eigenvalue weighted by molar-refractivity contribution is 5.91. The number of unbranched alkanes of at least 4 members (excludes halogenated alkanes) is 2. The van der Waals surface area contributed by atoms with Gasteiger partial charge in [-0.3, -0.25) is 9.59 Å². The molecule has 2 N–H and O–H groups in total. The molecule has 0 radical (unpaired) electrons. The number of fused-ring (bicyclic) bond motifs is 1. The lowest BCUT2D eigenvalue weighted by Gasteiger charge is -2.16. The molecule has 0 heterocycles. The molecule has 2 aliphatic carbocycles. The van der Waals surface area contributed by atoms with Crippen LogP contribution in [-0.4, -0.2) is 22.2 Å². The summed E-state index contributed by atoms with van der Waals surface area (Å²) in [6.07, 6.45) is 5.37. The molecule has 0 aromatic rings. The molecule has 0 aromatic carbocycles. The first kappa shape index (κ1) is 13.4. The summed E-state index contributed by atoms with van der Waals surface area (Å²) in [4.78, 5) is 22.6. The van der Waals surface area contributed by atoms with Crippen LogP contribution in [0.4, 0.5) is 0 Å². The molecule has 18 heavy (non-hydrogen) atoms. The van der Waals surface area contributed by atoms with Gasteiger partial charge in [0.15, 0.2) is 0 Å². The molecule has 2 rings (SSSR count). The fourth-order valence-electron chi connectivity index (χ4n) is 4.40. The van der Waals surface area contributed by atoms with Crippen LogP contribution in [0.15, 0.2) is 0 Å². The summed E-state index contributed by atoms with van der Waals surface area (Å²) in [6.45, 7) is 4.11. The van der Waals surface area contributed by atoms with Crippen LogP contribution >= 0.6 is 0 Å². The maximum Gasteiger partial charge on any atom is 0.307 e. The third-order valence-corrected chi connectivity index (χ3v) is 5.14. The fraction of sp³-hybridized carbons (Fsp3) is 0.857. The van der Waals surface area contributed by atoms with E-state index in [0.717, 1.165) is 38.5 Å². The zero-order valence-corrected chi connectivity index (χ0v) is 11.1. The van der Waals surface area contributed by atoms with Gasteiger partial charge in [-0.25, -0.2) is 0 Å². The van der Waals surface area contributed by atoms with E-state index in [4.69, 9.17) is 0 Å². The Morgan fingerprint density at radius 1 is 0.889 bits per heavy atom. The van der Waals surface area contributed by atoms with Crippen molar-refractivity contribution < 1.29 is 19.8 Å². The molecular weight excluding hydrogens is 232 g/mol. The summed E-state index contributed by atoms with van der Waals surface area (Å²) in [5.74, 6) is -2.38. The van der Waals surface area contributed by atoms with Gasteiger partial charge in [0.1, 0.15) is 0 Å². The molecule has 4 nitrogen and oxygen atoms in total. The van der Waals surface area contributed by atoms with Gasteiger partial charge in [0.25, 0.3) is 0 Å². The molecule has 2 aliphatic rings. The summed E-state index contributed by atoms with van der Waals surface area (Å²) < 4.78 is 0. The molecule has 0 saturated heterocycles. The summed E-state index contributed by atoms with van der Waals surface area (Å²) >= 11 is 0. The van der Waals surface area contributed by atoms with E-state index in [9.17, 15) is 19.8 Å². The number of hydrogen-bond donors (Lipinski definition) is 2. The third kappa shape index (κ3) is 1.38. The summed E-state index contributed by atoms with van der Waals surface area (Å²) in [7, 11) is 0. The maximum absolute atomic E-state index is 11.3. The van der Waals surface area contributed by atoms with Crippen molar-refractivity contribution in [3.8, 4) is 0 Å². The van der Waals surface area contributed by atoms with Crippen LogP contribution in [-0.2, 0) is 9.59 Å². The monoisotopic (exact) mass is 254 g/mol. The second-order valence-electron chi connectivity index (χ2n) is 5.83. The Balaban J connectivity index is 2.17. The average Bonchev–Trinajstić information content (AvgIpc) is 3.06. The number of hydrogen-bond acceptors (Lipinski definition) is 2. The third-order valence-electron chi connectivity index (χ3n) is 5.14. The average molecular weight is 254 g/mol. The van der Waals surface area contributed by atoms with Gasteiger partial charge in [0.2, 0.25) is 0 Å². The summed E-state index contributed by atoms with van der Waals surface area (Å²) in [5, 5.41) is 18.6. The van der Waals surface area contributed by atoms with E-state index in [1.54, 1.807) is 0 Å². The predicted octanol–water partition coefficient (Wildman–Crippen LogP) is 2.77. The molecule has 2 fully saturated rings. The van der Waals surface area contributed by atoms with E-state index in [0.29, 0.717) is 0 Å². The molecule has 0 amide bonds. The molecule has 102 valence electrons. The van der Waals surface area contributed by atoms with Crippen molar-refractivity contribution >= 4 is 11.9 Å². The smallest absolute Gasteiger partial charge is 0.307 e. The highest BCUT2D eigenvalue weighted by Gasteiger charge is 3.00. The Morgan fingerprint density at radius 3 is 1.44 bits per heavy atom. The Morgan fingerprint density at radius 2 is 1.22 bits per heavy atom. The zero-order chi connectivity index (χ0) is 13.6. The molecule has 2 saturated carbocycles. The minimum absolute atomic E-state index is 0.399. The molecule has 0 unspecified atom stereocenters. The van der Waals surface area contributed by atoms with E-state index in [1.807, 2.05) is 0 Å². The molecule has 0 bridgehead atoms. The predicted molar refractivity (Wildman–Crippen MR) is 66.2 cm³/mol. The second kappa shape index (κ2) is 4.25. The zero-order valence-electron chi connectivity index (χ0n) is 11.1. The first-order valence-corrected chi connectivity index (χ1v) is 6.96. The van der Waals surface area contributed by atoms with Crippen LogP contribution < -0.4 is 0 Å². The van der Waals surface area contributed by atoms with Gasteiger partial charge in [-0.15, -0.1) is 0 Å². The number of rotatable bonds is 8. The number of carbonyl (C=O) groups is 2. The van der Waals surface area contributed by atoms with Crippen LogP contribution in [0.2, 0.25) is 0 Å². The minimum Gasteiger partial charge on any atom is -0.481 e. The van der Waals surface area contributed by atoms with Gasteiger partial charge >= 0.3 is 11.9 Å². The van der Waals surface area contributed by atoms with Gasteiger partial charge in [0, 0.05) is 10.8 Å². The first-order chi connectivity index (χ1) is 8.50. The van der Waals surface area contributed by atoms with Gasteiger partial charge in [-0.2, -0.15) is 0 Å². The normalized spacial score (nSPS) is 40.1. The highest BCUT2D eigenvalue weighted by Crippen LogP contribution is 2.96. The van der Waals surface area contributed by atoms with Gasteiger partial charge < -0.3 is 10.2 Å². The lowest BCUT2D eigenvalue weighted by Crippen LogP contribution is -2.26. The van der Waals surface area contributed by atoms with E-state index >= 15 is 0 Å². The Labute approximate surface area is 107 Å². The minimum atomic E-state index is -0.792. The van der Waals surface area contributed by atoms with Crippen LogP contribution in [0.5, 0.6) is 0 Å². The molecule has 0 atom stereocenters. The lowest BCUT2D eigenvalue weighted by molar-refractivity contribution is -0.147. The van der Waals surface area contributed by atoms with Crippen LogP contribution in [0.25, 0.3) is 0 Å². The molecule has 4 heteroatoms. The quantitative estimate of drug-likeness (QED) is 0.698. The van der Waals surface area contributed by atoms with Gasteiger partial charge in [-0.1, -0.05) is 39.5 Å². The first-order valence-electron chi connectivity index (χ1n) is 6.96. The highest BCUT2D eigenvalue weighted by atomic mass is 16.4. The van der Waals surface area contributed by atoms with Crippen LogP contribution in [0.3, 0.4) is 0 Å². The Bertz CT molecular complexity index is 330. The van der Waals surface area contributed by atoms with E-state index < -0.39 is 34.6 Å². The topological polar surface area (TPSA) is 74.6 Å². The van der Waals surface area contributed by atoms with Crippen molar-refractivity contribution in [3.63, 3.8) is 0 Å². The van der Waals surface area contributed by atoms with Gasteiger partial charge in [-0.05, 0) is 12.8 Å². The maximum atomic E-state index is 11.3. The number of aliphatic carboxylic acids is 2. The van der Waals surface area contributed by atoms with Crippen molar-refractivity contribution in [2.45, 2.75) is 52.4 Å². The summed E-state index contributed by atoms with van der Waals surface area (Å²) in [5.41, 5.74) is -0.814. The molecule has 0 spiro atoms. The lowest BCUT2D eigenvalue weighted by atomic mass is 9.87. The largest absolute Gasteiger partial charge is 0.481 e. The van der Waals surface area contributed by atoms with Crippen LogP contribution in [0, 0.1) is 22.7 Å². The van der Waals surface area contributed by atoms with Crippen molar-refractivity contribution in [2.75, 3.05) is 0 Å². The fourth-order valence-corrected chi connectivity index (χ4v) is 4.40. The molecule has 0 aliphatic heterocycles. The molecule has 0 aromatic heterocycles. The van der Waals surface area contributed by atoms with Crippen molar-refractivity contribution in [1.29, 1.82) is 0 Å². The van der Waals surface area contributed by atoms with Gasteiger partial charge in [0.05, 0.1) is 11.8 Å². The van der Waals surface area contributed by atoms with E-state index in [-0.39, 0.29) is 0 Å². The Kier molecular flexibility index (Phi) is 3.16. The van der Waals surface area contributed by atoms with Crippen molar-refractivity contribution in [2.24, 2.45) is 22.7 Å². The number of carboxylic acid groups (broad SMARTS) is 2. The van der Waals surface area contributed by atoms with E-state index in [1.165, 1.54) is 0 Å². The van der Waals surface area contributed by atoms with Crippen LogP contribution in [0.1, 0.15) is 52.4 Å². The molecular formula is C14H22O4. The second-order valence-corrected chi connectivity index (χ2v) is 5.83. The van der Waals surface area contributed by atoms with Crippen molar-refractivity contribution in [1.82, 2.24) is 0 Å².